The summed E-state index contributed by atoms with van der Waals surface area (Å²) in [5.41, 5.74) is 5.88. The van der Waals surface area contributed by atoms with E-state index in [1.807, 2.05) is 0 Å². The molecule has 2 amide bonds. The molecule has 0 saturated carbocycles. The number of amides is 2. The lowest BCUT2D eigenvalue weighted by Gasteiger charge is -2.31. The van der Waals surface area contributed by atoms with E-state index in [2.05, 4.69) is 17.1 Å². The lowest BCUT2D eigenvalue weighted by molar-refractivity contribution is 0.136. The van der Waals surface area contributed by atoms with Gasteiger partial charge in [-0.2, -0.15) is 4.99 Å². The zero-order valence-corrected chi connectivity index (χ0v) is 10.1. The molecule has 17 heavy (non-hydrogen) atoms. The smallest absolute Gasteiger partial charge is 0.345 e. The van der Waals surface area contributed by atoms with Crippen molar-refractivity contribution in [3.05, 3.63) is 12.2 Å². The van der Waals surface area contributed by atoms with Crippen LogP contribution in [0.4, 0.5) is 4.79 Å². The van der Waals surface area contributed by atoms with Crippen LogP contribution in [0.3, 0.4) is 0 Å². The van der Waals surface area contributed by atoms with Gasteiger partial charge in [0, 0.05) is 13.7 Å². The SMILES string of the molecule is COCCN1C(=O)N=C(N)C1C1CC=CCC1. The van der Waals surface area contributed by atoms with Crippen molar-refractivity contribution in [3.8, 4) is 0 Å². The van der Waals surface area contributed by atoms with Gasteiger partial charge in [0.25, 0.3) is 0 Å². The fourth-order valence-electron chi connectivity index (χ4n) is 2.54. The maximum atomic E-state index is 11.7. The molecule has 2 atom stereocenters. The molecule has 0 bridgehead atoms. The van der Waals surface area contributed by atoms with Gasteiger partial charge in [0.2, 0.25) is 0 Å². The predicted octanol–water partition coefficient (Wildman–Crippen LogP) is 1.15. The van der Waals surface area contributed by atoms with E-state index in [0.29, 0.717) is 24.9 Å². The van der Waals surface area contributed by atoms with E-state index in [-0.39, 0.29) is 12.1 Å². The normalized spacial score (nSPS) is 28.6. The second-order valence-corrected chi connectivity index (χ2v) is 4.49. The Kier molecular flexibility index (Phi) is 3.78. The van der Waals surface area contributed by atoms with Gasteiger partial charge in [-0.15, -0.1) is 0 Å². The Morgan fingerprint density at radius 2 is 2.41 bits per heavy atom. The molecular formula is C12H19N3O2. The van der Waals surface area contributed by atoms with E-state index in [0.717, 1.165) is 19.3 Å². The Bertz CT molecular complexity index is 352. The molecule has 1 aliphatic heterocycles. The molecule has 0 saturated heterocycles. The molecule has 0 aromatic carbocycles. The van der Waals surface area contributed by atoms with Crippen LogP contribution in [0.15, 0.2) is 17.1 Å². The number of ether oxygens (including phenoxy) is 1. The van der Waals surface area contributed by atoms with Crippen LogP contribution in [0.1, 0.15) is 19.3 Å². The minimum absolute atomic E-state index is 0.0393. The molecule has 2 aliphatic rings. The van der Waals surface area contributed by atoms with E-state index in [1.165, 1.54) is 0 Å². The Morgan fingerprint density at radius 3 is 3.06 bits per heavy atom. The van der Waals surface area contributed by atoms with Crippen molar-refractivity contribution in [2.24, 2.45) is 16.6 Å². The first-order valence-electron chi connectivity index (χ1n) is 6.02. The van der Waals surface area contributed by atoms with Gasteiger partial charge < -0.3 is 15.4 Å². The van der Waals surface area contributed by atoms with Gasteiger partial charge in [-0.05, 0) is 25.2 Å². The number of rotatable bonds is 4. The fourth-order valence-corrected chi connectivity index (χ4v) is 2.54. The van der Waals surface area contributed by atoms with Crippen molar-refractivity contribution in [1.82, 2.24) is 4.90 Å². The van der Waals surface area contributed by atoms with Crippen LogP contribution < -0.4 is 5.73 Å². The van der Waals surface area contributed by atoms with Gasteiger partial charge in [0.15, 0.2) is 0 Å². The molecular weight excluding hydrogens is 218 g/mol. The highest BCUT2D eigenvalue weighted by molar-refractivity contribution is 6.03. The van der Waals surface area contributed by atoms with Crippen molar-refractivity contribution >= 4 is 11.9 Å². The molecule has 0 fully saturated rings. The zero-order valence-electron chi connectivity index (χ0n) is 10.1. The first-order chi connectivity index (χ1) is 8.24. The topological polar surface area (TPSA) is 67.9 Å². The standard InChI is InChI=1S/C12H19N3O2/c1-17-8-7-15-10(11(13)14-12(15)16)9-5-3-2-4-6-9/h2-3,9-10H,4-8H2,1H3,(H2,13,14,16). The van der Waals surface area contributed by atoms with Gasteiger partial charge in [-0.3, -0.25) is 0 Å². The van der Waals surface area contributed by atoms with E-state index in [4.69, 9.17) is 10.5 Å². The predicted molar refractivity (Wildman–Crippen MR) is 65.9 cm³/mol. The number of methoxy groups -OCH3 is 1. The summed E-state index contributed by atoms with van der Waals surface area (Å²) in [5.74, 6) is 0.860. The summed E-state index contributed by atoms with van der Waals surface area (Å²) in [6.45, 7) is 1.08. The Balaban J connectivity index is 2.08. The number of carbonyl (C=O) groups is 1. The quantitative estimate of drug-likeness (QED) is 0.746. The van der Waals surface area contributed by atoms with Crippen molar-refractivity contribution in [3.63, 3.8) is 0 Å². The van der Waals surface area contributed by atoms with Gasteiger partial charge in [-0.1, -0.05) is 12.2 Å². The molecule has 0 aromatic rings. The summed E-state index contributed by atoms with van der Waals surface area (Å²) in [6.07, 6.45) is 7.44. The second kappa shape index (κ2) is 5.31. The molecule has 0 aromatic heterocycles. The zero-order chi connectivity index (χ0) is 12.3. The summed E-state index contributed by atoms with van der Waals surface area (Å²) >= 11 is 0. The number of nitrogens with zero attached hydrogens (tertiary/aromatic N) is 2. The van der Waals surface area contributed by atoms with Crippen LogP contribution in [0.25, 0.3) is 0 Å². The van der Waals surface area contributed by atoms with Crippen LogP contribution in [0.2, 0.25) is 0 Å². The second-order valence-electron chi connectivity index (χ2n) is 4.49. The Labute approximate surface area is 101 Å². The maximum absolute atomic E-state index is 11.7. The van der Waals surface area contributed by atoms with Crippen LogP contribution >= 0.6 is 0 Å². The first kappa shape index (κ1) is 12.1. The highest BCUT2D eigenvalue weighted by Gasteiger charge is 2.38. The van der Waals surface area contributed by atoms with E-state index in [1.54, 1.807) is 12.0 Å². The third-order valence-electron chi connectivity index (χ3n) is 3.40. The minimum Gasteiger partial charge on any atom is -0.385 e. The summed E-state index contributed by atoms with van der Waals surface area (Å²) in [6, 6.07) is -0.262. The average Bonchev–Trinajstić information content (AvgIpc) is 2.62. The number of carbonyl (C=O) groups excluding carboxylic acids is 1. The highest BCUT2D eigenvalue weighted by atomic mass is 16.5. The van der Waals surface area contributed by atoms with Gasteiger partial charge in [0.1, 0.15) is 5.84 Å². The van der Waals surface area contributed by atoms with Crippen LogP contribution in [-0.2, 0) is 4.74 Å². The van der Waals surface area contributed by atoms with Gasteiger partial charge >= 0.3 is 6.03 Å². The van der Waals surface area contributed by atoms with Crippen molar-refractivity contribution in [2.45, 2.75) is 25.3 Å². The van der Waals surface area contributed by atoms with Gasteiger partial charge in [-0.25, -0.2) is 4.79 Å². The summed E-state index contributed by atoms with van der Waals surface area (Å²) in [5, 5.41) is 0. The molecule has 5 nitrogen and oxygen atoms in total. The van der Waals surface area contributed by atoms with Crippen LogP contribution in [0, 0.1) is 5.92 Å². The molecule has 1 heterocycles. The lowest BCUT2D eigenvalue weighted by Crippen LogP contribution is -2.47. The number of urea groups is 1. The first-order valence-corrected chi connectivity index (χ1v) is 6.02. The van der Waals surface area contributed by atoms with Crippen LogP contribution in [0.5, 0.6) is 0 Å². The summed E-state index contributed by atoms with van der Waals surface area (Å²) < 4.78 is 5.02. The van der Waals surface area contributed by atoms with Crippen molar-refractivity contribution < 1.29 is 9.53 Å². The average molecular weight is 237 g/mol. The third kappa shape index (κ3) is 2.49. The number of hydrogen-bond donors (Lipinski definition) is 1. The molecule has 2 rings (SSSR count). The Morgan fingerprint density at radius 1 is 1.59 bits per heavy atom. The number of nitrogens with two attached hydrogens (primary N) is 1. The van der Waals surface area contributed by atoms with Crippen LogP contribution in [-0.4, -0.2) is 43.1 Å². The largest absolute Gasteiger partial charge is 0.385 e. The molecule has 2 N–H and O–H groups in total. The number of hydrogen-bond acceptors (Lipinski definition) is 3. The summed E-state index contributed by atoms with van der Waals surface area (Å²) in [7, 11) is 1.63. The molecule has 2 unspecified atom stereocenters. The molecule has 5 heteroatoms. The van der Waals surface area contributed by atoms with Gasteiger partial charge in [0.05, 0.1) is 12.6 Å². The monoisotopic (exact) mass is 237 g/mol. The number of amidine groups is 1. The van der Waals surface area contributed by atoms with Crippen molar-refractivity contribution in [2.75, 3.05) is 20.3 Å². The highest BCUT2D eigenvalue weighted by Crippen LogP contribution is 2.28. The fraction of sp³-hybridized carbons (Fsp3) is 0.667. The maximum Gasteiger partial charge on any atom is 0.345 e. The van der Waals surface area contributed by atoms with E-state index in [9.17, 15) is 4.79 Å². The molecule has 0 radical (unpaired) electrons. The third-order valence-corrected chi connectivity index (χ3v) is 3.40. The molecule has 0 spiro atoms. The number of allylic oxidation sites excluding steroid dienone is 2. The number of aliphatic imine (C=N–C) groups is 1. The Hall–Kier alpha value is -1.36. The summed E-state index contributed by atoms with van der Waals surface area (Å²) in [4.78, 5) is 17.3. The van der Waals surface area contributed by atoms with E-state index < -0.39 is 0 Å². The van der Waals surface area contributed by atoms with E-state index >= 15 is 0 Å². The molecule has 94 valence electrons. The lowest BCUT2D eigenvalue weighted by atomic mass is 9.86. The minimum atomic E-state index is -0.223. The molecule has 1 aliphatic carbocycles. The van der Waals surface area contributed by atoms with Crippen molar-refractivity contribution in [1.29, 1.82) is 0 Å².